The molecule has 0 heterocycles. The van der Waals surface area contributed by atoms with Crippen LogP contribution in [0.15, 0.2) is 9.90 Å². The summed E-state index contributed by atoms with van der Waals surface area (Å²) in [5, 5.41) is 8.33. The highest BCUT2D eigenvalue weighted by molar-refractivity contribution is 7.90. The minimum absolute atomic E-state index is 0.103. The van der Waals surface area contributed by atoms with Crippen LogP contribution in [0, 0.1) is 0 Å². The molecule has 0 aromatic carbocycles. The first-order valence-electron chi connectivity index (χ1n) is 2.81. The summed E-state index contributed by atoms with van der Waals surface area (Å²) in [6.45, 7) is 0. The number of rotatable bonds is 4. The Hall–Kier alpha value is -0.100. The molecule has 0 fully saturated rings. The third-order valence-electron chi connectivity index (χ3n) is 0.951. The van der Waals surface area contributed by atoms with Gasteiger partial charge in [-0.15, -0.1) is 0 Å². The van der Waals surface area contributed by atoms with Crippen molar-refractivity contribution in [1.29, 1.82) is 0 Å². The fraction of sp³-hybridized carbons (Fsp3) is 0.400. The van der Waals surface area contributed by atoms with E-state index >= 15 is 0 Å². The molecule has 0 aromatic heterocycles. The lowest BCUT2D eigenvalue weighted by Crippen LogP contribution is -2.35. The van der Waals surface area contributed by atoms with Crippen LogP contribution in [0.1, 0.15) is 0 Å². The lowest BCUT2D eigenvalue weighted by molar-refractivity contribution is -0.137. The quantitative estimate of drug-likeness (QED) is 0.736. The van der Waals surface area contributed by atoms with Gasteiger partial charge in [0.15, 0.2) is 0 Å². The van der Waals surface area contributed by atoms with Crippen LogP contribution in [0.25, 0.3) is 0 Å². The van der Waals surface area contributed by atoms with Crippen molar-refractivity contribution in [3.05, 3.63) is 9.90 Å². The van der Waals surface area contributed by atoms with Gasteiger partial charge in [0, 0.05) is 5.54 Å². The largest absolute Gasteiger partial charge is 0.480 e. The average molecular weight is 232 g/mol. The summed E-state index contributed by atoms with van der Waals surface area (Å²) in [5.74, 6) is -1.46. The molecule has 3 N–H and O–H groups in total. The number of nitrogens with two attached hydrogens (primary N) is 1. The molecule has 0 saturated carbocycles. The van der Waals surface area contributed by atoms with Gasteiger partial charge in [0.1, 0.15) is 10.4 Å². The number of carboxylic acids is 1. The summed E-state index contributed by atoms with van der Waals surface area (Å²) < 4.78 is 10.9. The minimum Gasteiger partial charge on any atom is -0.480 e. The average Bonchev–Trinajstić information content (AvgIpc) is 2.02. The van der Waals surface area contributed by atoms with Crippen molar-refractivity contribution < 1.29 is 14.1 Å². The van der Waals surface area contributed by atoms with Gasteiger partial charge in [-0.05, 0) is 0 Å². The first-order chi connectivity index (χ1) is 5.49. The maximum Gasteiger partial charge on any atom is 0.321 e. The first kappa shape index (κ1) is 11.9. The molecule has 0 aliphatic rings. The van der Waals surface area contributed by atoms with Crippen molar-refractivity contribution in [2.45, 2.75) is 6.04 Å². The van der Waals surface area contributed by atoms with Gasteiger partial charge in [0.05, 0.1) is 16.6 Å². The Balaban J connectivity index is 4.11. The van der Waals surface area contributed by atoms with Gasteiger partial charge in [0.2, 0.25) is 0 Å². The Morgan fingerprint density at radius 1 is 1.75 bits per heavy atom. The van der Waals surface area contributed by atoms with Crippen molar-refractivity contribution in [3.8, 4) is 0 Å². The SMILES string of the molecule is N[C@H](CS(=O)/C(Cl)=C/Cl)C(=O)O. The highest BCUT2D eigenvalue weighted by Gasteiger charge is 2.16. The predicted octanol–water partition coefficient (Wildman–Crippen LogP) is 0.423. The smallest absolute Gasteiger partial charge is 0.321 e. The zero-order valence-electron chi connectivity index (χ0n) is 5.87. The standard InChI is InChI=1S/C5H7Cl2NO3S/c6-1-4(7)12(11)2-3(8)5(9)10/h1,3H,2,8H2,(H,9,10)/b4-1+/t3-,12?/m1/s1. The molecule has 0 aliphatic carbocycles. The van der Waals surface area contributed by atoms with Crippen LogP contribution in [0.3, 0.4) is 0 Å². The Kier molecular flexibility index (Phi) is 5.48. The third-order valence-corrected chi connectivity index (χ3v) is 3.25. The van der Waals surface area contributed by atoms with Crippen LogP contribution in [0.4, 0.5) is 0 Å². The van der Waals surface area contributed by atoms with Crippen LogP contribution >= 0.6 is 23.2 Å². The van der Waals surface area contributed by atoms with Crippen LogP contribution in [-0.4, -0.2) is 27.1 Å². The van der Waals surface area contributed by atoms with Crippen LogP contribution < -0.4 is 5.73 Å². The van der Waals surface area contributed by atoms with Gasteiger partial charge in [-0.3, -0.25) is 9.00 Å². The minimum atomic E-state index is -1.63. The highest BCUT2D eigenvalue weighted by atomic mass is 35.5. The monoisotopic (exact) mass is 231 g/mol. The second kappa shape index (κ2) is 5.53. The molecule has 7 heteroatoms. The molecule has 0 amide bonds. The molecular formula is C5H7Cl2NO3S. The van der Waals surface area contributed by atoms with Gasteiger partial charge < -0.3 is 10.8 Å². The Morgan fingerprint density at radius 2 is 2.25 bits per heavy atom. The van der Waals surface area contributed by atoms with Crippen LogP contribution in [-0.2, 0) is 15.6 Å². The molecule has 12 heavy (non-hydrogen) atoms. The predicted molar refractivity (Wildman–Crippen MR) is 48.4 cm³/mol. The van der Waals surface area contributed by atoms with E-state index in [2.05, 4.69) is 0 Å². The molecule has 1 unspecified atom stereocenters. The summed E-state index contributed by atoms with van der Waals surface area (Å²) in [5.41, 5.74) is 6.01. The second-order valence-corrected chi connectivity index (χ2v) is 4.18. The van der Waals surface area contributed by atoms with Crippen LogP contribution in [0.2, 0.25) is 0 Å². The Morgan fingerprint density at radius 3 is 2.58 bits per heavy atom. The Labute approximate surface area is 81.8 Å². The van der Waals surface area contributed by atoms with Crippen molar-refractivity contribution >= 4 is 40.0 Å². The molecule has 70 valence electrons. The van der Waals surface area contributed by atoms with Crippen LogP contribution in [0.5, 0.6) is 0 Å². The fourth-order valence-corrected chi connectivity index (χ4v) is 1.58. The second-order valence-electron chi connectivity index (χ2n) is 1.87. The zero-order valence-corrected chi connectivity index (χ0v) is 8.20. The van der Waals surface area contributed by atoms with Crippen molar-refractivity contribution in [2.75, 3.05) is 5.75 Å². The molecule has 4 nitrogen and oxygen atoms in total. The summed E-state index contributed by atoms with van der Waals surface area (Å²) in [7, 11) is -1.63. The van der Waals surface area contributed by atoms with E-state index in [0.717, 1.165) is 5.54 Å². The first-order valence-corrected chi connectivity index (χ1v) is 4.95. The molecule has 0 saturated heterocycles. The summed E-state index contributed by atoms with van der Waals surface area (Å²) in [6.07, 6.45) is 0. The third kappa shape index (κ3) is 4.06. The summed E-state index contributed by atoms with van der Waals surface area (Å²) >= 11 is 10.5. The maximum absolute atomic E-state index is 11.0. The molecule has 0 rings (SSSR count). The molecule has 2 atom stereocenters. The molecular weight excluding hydrogens is 225 g/mol. The topological polar surface area (TPSA) is 80.4 Å². The van der Waals surface area contributed by atoms with Gasteiger partial charge >= 0.3 is 5.97 Å². The maximum atomic E-state index is 11.0. The number of carbonyl (C=O) groups is 1. The van der Waals surface area contributed by atoms with E-state index in [1.54, 1.807) is 0 Å². The highest BCUT2D eigenvalue weighted by Crippen LogP contribution is 2.09. The van der Waals surface area contributed by atoms with E-state index in [9.17, 15) is 9.00 Å². The fourth-order valence-electron chi connectivity index (χ4n) is 0.364. The number of hydrogen-bond donors (Lipinski definition) is 2. The molecule has 0 radical (unpaired) electrons. The van der Waals surface area contributed by atoms with Crippen molar-refractivity contribution in [1.82, 2.24) is 0 Å². The van der Waals surface area contributed by atoms with Gasteiger partial charge in [-0.1, -0.05) is 23.2 Å². The number of hydrogen-bond acceptors (Lipinski definition) is 3. The lowest BCUT2D eigenvalue weighted by Gasteiger charge is -2.03. The normalized spacial score (nSPS) is 17.1. The van der Waals surface area contributed by atoms with Crippen molar-refractivity contribution in [2.24, 2.45) is 5.73 Å². The number of aliphatic carboxylic acids is 1. The number of halogens is 2. The molecule has 0 bridgehead atoms. The van der Waals surface area contributed by atoms with E-state index in [0.29, 0.717) is 0 Å². The molecule has 0 aliphatic heterocycles. The summed E-state index contributed by atoms with van der Waals surface area (Å²) in [6, 6.07) is -1.18. The van der Waals surface area contributed by atoms with E-state index in [1.807, 2.05) is 0 Å². The van der Waals surface area contributed by atoms with Gasteiger partial charge in [-0.25, -0.2) is 0 Å². The van der Waals surface area contributed by atoms with Crippen molar-refractivity contribution in [3.63, 3.8) is 0 Å². The van der Waals surface area contributed by atoms with Gasteiger partial charge in [-0.2, -0.15) is 0 Å². The van der Waals surface area contributed by atoms with E-state index in [4.69, 9.17) is 34.0 Å². The summed E-state index contributed by atoms with van der Waals surface area (Å²) in [4.78, 5) is 10.2. The van der Waals surface area contributed by atoms with E-state index in [-0.39, 0.29) is 10.1 Å². The lowest BCUT2D eigenvalue weighted by atomic mass is 10.4. The molecule has 0 aromatic rings. The Bertz CT molecular complexity index is 231. The zero-order chi connectivity index (χ0) is 9.72. The van der Waals surface area contributed by atoms with E-state index < -0.39 is 22.8 Å². The van der Waals surface area contributed by atoms with Gasteiger partial charge in [0.25, 0.3) is 0 Å². The molecule has 0 spiro atoms. The van der Waals surface area contributed by atoms with E-state index in [1.165, 1.54) is 0 Å². The number of carboxylic acid groups (broad SMARTS) is 1.